The second-order valence-corrected chi connectivity index (χ2v) is 8.00. The molecule has 1 atom stereocenters. The van der Waals surface area contributed by atoms with E-state index in [1.54, 1.807) is 0 Å². The third-order valence-corrected chi connectivity index (χ3v) is 6.39. The number of hydrogen-bond donors (Lipinski definition) is 0. The van der Waals surface area contributed by atoms with Crippen LogP contribution in [-0.2, 0) is 6.42 Å². The minimum absolute atomic E-state index is 0.0710. The van der Waals surface area contributed by atoms with E-state index in [4.69, 9.17) is 4.98 Å². The fourth-order valence-electron chi connectivity index (χ4n) is 3.88. The van der Waals surface area contributed by atoms with Crippen LogP contribution in [0.15, 0.2) is 60.8 Å². The Labute approximate surface area is 161 Å². The standard InChI is InChI=1S/C22H19N3OS/c1-14-12-17-10-6-7-11-19(17)25(14)21(26)20-15(2)24-13-18(23-22(24)27-20)16-8-4-3-5-9-16/h3-11,13-14H,12H2,1-2H3. The lowest BCUT2D eigenvalue weighted by molar-refractivity contribution is 0.0984. The van der Waals surface area contributed by atoms with Crippen LogP contribution in [0.3, 0.4) is 0 Å². The van der Waals surface area contributed by atoms with Crippen LogP contribution in [0.4, 0.5) is 5.69 Å². The summed E-state index contributed by atoms with van der Waals surface area (Å²) in [5.74, 6) is 0.0710. The van der Waals surface area contributed by atoms with E-state index in [0.717, 1.165) is 38.9 Å². The number of rotatable bonds is 2. The molecular formula is C22H19N3OS. The highest BCUT2D eigenvalue weighted by Crippen LogP contribution is 2.35. The van der Waals surface area contributed by atoms with E-state index in [9.17, 15) is 4.79 Å². The maximum absolute atomic E-state index is 13.4. The molecule has 0 fully saturated rings. The van der Waals surface area contributed by atoms with Crippen LogP contribution in [0.1, 0.15) is 27.9 Å². The summed E-state index contributed by atoms with van der Waals surface area (Å²) in [6.45, 7) is 4.11. The average molecular weight is 373 g/mol. The highest BCUT2D eigenvalue weighted by molar-refractivity contribution is 7.19. The van der Waals surface area contributed by atoms with E-state index >= 15 is 0 Å². The Morgan fingerprint density at radius 1 is 1.11 bits per heavy atom. The largest absolute Gasteiger partial charge is 0.304 e. The Kier molecular flexibility index (Phi) is 3.65. The van der Waals surface area contributed by atoms with Crippen LogP contribution >= 0.6 is 11.3 Å². The molecule has 0 radical (unpaired) electrons. The first-order chi connectivity index (χ1) is 13.1. The monoisotopic (exact) mass is 373 g/mol. The zero-order chi connectivity index (χ0) is 18.5. The third-order valence-electron chi connectivity index (χ3n) is 5.25. The van der Waals surface area contributed by atoms with Crippen molar-refractivity contribution in [3.63, 3.8) is 0 Å². The summed E-state index contributed by atoms with van der Waals surface area (Å²) < 4.78 is 2.03. The van der Waals surface area contributed by atoms with Crippen molar-refractivity contribution in [2.45, 2.75) is 26.3 Å². The molecule has 4 nitrogen and oxygen atoms in total. The summed E-state index contributed by atoms with van der Waals surface area (Å²) in [6.07, 6.45) is 2.93. The number of nitrogens with zero attached hydrogens (tertiary/aromatic N) is 3. The zero-order valence-electron chi connectivity index (χ0n) is 15.2. The molecule has 5 heteroatoms. The molecule has 0 bridgehead atoms. The van der Waals surface area contributed by atoms with E-state index < -0.39 is 0 Å². The molecule has 0 aliphatic carbocycles. The second-order valence-electron chi connectivity index (χ2n) is 7.02. The molecule has 1 amide bonds. The lowest BCUT2D eigenvalue weighted by atomic mass is 10.1. The maximum Gasteiger partial charge on any atom is 0.270 e. The number of imidazole rings is 1. The van der Waals surface area contributed by atoms with Crippen LogP contribution in [0.25, 0.3) is 16.2 Å². The van der Waals surface area contributed by atoms with Gasteiger partial charge in [-0.25, -0.2) is 4.98 Å². The van der Waals surface area contributed by atoms with E-state index in [-0.39, 0.29) is 11.9 Å². The Morgan fingerprint density at radius 2 is 1.85 bits per heavy atom. The van der Waals surface area contributed by atoms with Crippen LogP contribution < -0.4 is 4.90 Å². The summed E-state index contributed by atoms with van der Waals surface area (Å²) in [5.41, 5.74) is 5.24. The van der Waals surface area contributed by atoms with Gasteiger partial charge in [-0.15, -0.1) is 0 Å². The Hall–Kier alpha value is -2.92. The van der Waals surface area contributed by atoms with Gasteiger partial charge in [0.05, 0.1) is 5.69 Å². The van der Waals surface area contributed by atoms with Crippen molar-refractivity contribution < 1.29 is 4.79 Å². The Bertz CT molecular complexity index is 1160. The molecule has 1 aliphatic heterocycles. The van der Waals surface area contributed by atoms with Gasteiger partial charge >= 0.3 is 0 Å². The number of amides is 1. The Morgan fingerprint density at radius 3 is 2.63 bits per heavy atom. The molecule has 0 saturated carbocycles. The molecule has 1 unspecified atom stereocenters. The van der Waals surface area contributed by atoms with Crippen molar-refractivity contribution >= 4 is 27.9 Å². The van der Waals surface area contributed by atoms with Gasteiger partial charge in [-0.3, -0.25) is 9.20 Å². The lowest BCUT2D eigenvalue weighted by Crippen LogP contribution is -2.35. The number of anilines is 1. The number of carbonyl (C=O) groups excluding carboxylic acids is 1. The van der Waals surface area contributed by atoms with Crippen molar-refractivity contribution in [1.29, 1.82) is 0 Å². The molecule has 3 heterocycles. The number of benzene rings is 2. The van der Waals surface area contributed by atoms with Crippen LogP contribution in [0.5, 0.6) is 0 Å². The highest BCUT2D eigenvalue weighted by atomic mass is 32.1. The fraction of sp³-hybridized carbons (Fsp3) is 0.182. The highest BCUT2D eigenvalue weighted by Gasteiger charge is 2.33. The first-order valence-electron chi connectivity index (χ1n) is 9.09. The van der Waals surface area contributed by atoms with E-state index in [1.165, 1.54) is 16.9 Å². The Balaban J connectivity index is 1.55. The SMILES string of the molecule is Cc1c(C(=O)N2c3ccccc3CC2C)sc2nc(-c3ccccc3)cn12. The molecule has 0 N–H and O–H groups in total. The van der Waals surface area contributed by atoms with Crippen molar-refractivity contribution in [1.82, 2.24) is 9.38 Å². The van der Waals surface area contributed by atoms with E-state index in [2.05, 4.69) is 25.1 Å². The number of hydrogen-bond acceptors (Lipinski definition) is 3. The topological polar surface area (TPSA) is 37.6 Å². The average Bonchev–Trinajstić information content (AvgIpc) is 3.34. The van der Waals surface area contributed by atoms with Gasteiger partial charge in [0, 0.05) is 29.2 Å². The van der Waals surface area contributed by atoms with Crippen molar-refractivity contribution in [3.05, 3.63) is 76.9 Å². The van der Waals surface area contributed by atoms with E-state index in [1.807, 2.05) is 58.8 Å². The van der Waals surface area contributed by atoms with Crippen molar-refractivity contribution in [2.24, 2.45) is 0 Å². The van der Waals surface area contributed by atoms with E-state index in [0.29, 0.717) is 0 Å². The molecule has 2 aromatic heterocycles. The fourth-order valence-corrected chi connectivity index (χ4v) is 4.93. The number of carbonyl (C=O) groups is 1. The zero-order valence-corrected chi connectivity index (χ0v) is 16.0. The first-order valence-corrected chi connectivity index (χ1v) is 9.90. The van der Waals surface area contributed by atoms with Gasteiger partial charge in [0.15, 0.2) is 4.96 Å². The predicted octanol–water partition coefficient (Wildman–Crippen LogP) is 4.96. The smallest absolute Gasteiger partial charge is 0.270 e. The summed E-state index contributed by atoms with van der Waals surface area (Å²) in [7, 11) is 0. The van der Waals surface area contributed by atoms with Crippen LogP contribution in [0, 0.1) is 6.92 Å². The number of aryl methyl sites for hydroxylation is 1. The maximum atomic E-state index is 13.4. The third kappa shape index (κ3) is 2.50. The molecule has 1 aliphatic rings. The van der Waals surface area contributed by atoms with Gasteiger partial charge in [-0.2, -0.15) is 0 Å². The van der Waals surface area contributed by atoms with Crippen molar-refractivity contribution in [2.75, 3.05) is 4.90 Å². The predicted molar refractivity (Wildman–Crippen MR) is 110 cm³/mol. The second kappa shape index (κ2) is 6.06. The number of para-hydroxylation sites is 1. The van der Waals surface area contributed by atoms with Gasteiger partial charge < -0.3 is 4.90 Å². The summed E-state index contributed by atoms with van der Waals surface area (Å²) in [4.78, 5) is 21.7. The first kappa shape index (κ1) is 16.3. The molecule has 5 rings (SSSR count). The summed E-state index contributed by atoms with van der Waals surface area (Å²) in [6, 6.07) is 18.5. The van der Waals surface area contributed by atoms with Gasteiger partial charge in [0.1, 0.15) is 4.88 Å². The molecule has 0 saturated heterocycles. The van der Waals surface area contributed by atoms with Crippen molar-refractivity contribution in [3.8, 4) is 11.3 Å². The summed E-state index contributed by atoms with van der Waals surface area (Å²) >= 11 is 1.47. The normalized spacial score (nSPS) is 16.1. The lowest BCUT2D eigenvalue weighted by Gasteiger charge is -2.22. The quantitative estimate of drug-likeness (QED) is 0.498. The minimum Gasteiger partial charge on any atom is -0.304 e. The molecule has 4 aromatic rings. The number of thiazole rings is 1. The van der Waals surface area contributed by atoms with Gasteiger partial charge in [-0.1, -0.05) is 59.9 Å². The molecular weight excluding hydrogens is 354 g/mol. The van der Waals surface area contributed by atoms with Gasteiger partial charge in [0.2, 0.25) is 0 Å². The van der Waals surface area contributed by atoms with Gasteiger partial charge in [0.25, 0.3) is 5.91 Å². The molecule has 0 spiro atoms. The summed E-state index contributed by atoms with van der Waals surface area (Å²) in [5, 5.41) is 0. The molecule has 27 heavy (non-hydrogen) atoms. The molecule has 2 aromatic carbocycles. The van der Waals surface area contributed by atoms with Crippen LogP contribution in [0.2, 0.25) is 0 Å². The van der Waals surface area contributed by atoms with Crippen LogP contribution in [-0.4, -0.2) is 21.3 Å². The molecule has 134 valence electrons. The van der Waals surface area contributed by atoms with Gasteiger partial charge in [-0.05, 0) is 31.9 Å². The minimum atomic E-state index is 0.0710. The number of aromatic nitrogens is 2. The number of fused-ring (bicyclic) bond motifs is 2.